The van der Waals surface area contributed by atoms with Crippen LogP contribution in [0, 0.1) is 0 Å². The van der Waals surface area contributed by atoms with Gasteiger partial charge in [0, 0.05) is 13.5 Å². The van der Waals surface area contributed by atoms with E-state index in [2.05, 4.69) is 9.97 Å². The number of anilines is 1. The van der Waals surface area contributed by atoms with Crippen molar-refractivity contribution in [2.45, 2.75) is 39.2 Å². The largest absolute Gasteiger partial charge is 0.477 e. The summed E-state index contributed by atoms with van der Waals surface area (Å²) in [6.07, 6.45) is 2.97. The summed E-state index contributed by atoms with van der Waals surface area (Å²) in [6, 6.07) is 0. The second-order valence-electron chi connectivity index (χ2n) is 4.46. The molecular weight excluding hydrogens is 218 g/mol. The number of methoxy groups -OCH3 is 1. The number of nitrogens with zero attached hydrogens (tertiary/aromatic N) is 2. The van der Waals surface area contributed by atoms with Crippen molar-refractivity contribution in [2.24, 2.45) is 0 Å². The maximum Gasteiger partial charge on any atom is 0.221 e. The lowest BCUT2D eigenvalue weighted by atomic mass is 10.1. The number of nitrogens with two attached hydrogens (primary N) is 1. The molecule has 17 heavy (non-hydrogen) atoms. The van der Waals surface area contributed by atoms with Crippen molar-refractivity contribution in [2.75, 3.05) is 19.5 Å². The Hall–Kier alpha value is -1.36. The Kier molecular flexibility index (Phi) is 4.69. The van der Waals surface area contributed by atoms with Crippen LogP contribution in [0.4, 0.5) is 5.82 Å². The van der Waals surface area contributed by atoms with Crippen molar-refractivity contribution >= 4 is 5.82 Å². The van der Waals surface area contributed by atoms with Crippen molar-refractivity contribution in [1.29, 1.82) is 0 Å². The summed E-state index contributed by atoms with van der Waals surface area (Å²) in [7, 11) is 1.69. The Balaban J connectivity index is 2.61. The summed E-state index contributed by atoms with van der Waals surface area (Å²) in [5.41, 5.74) is 6.43. The third kappa shape index (κ3) is 3.85. The minimum Gasteiger partial charge on any atom is -0.477 e. The van der Waals surface area contributed by atoms with Crippen molar-refractivity contribution in [3.63, 3.8) is 0 Å². The fourth-order valence-corrected chi connectivity index (χ4v) is 1.36. The topological polar surface area (TPSA) is 70.3 Å². The molecule has 0 saturated carbocycles. The summed E-state index contributed by atoms with van der Waals surface area (Å²) in [4.78, 5) is 8.05. The van der Waals surface area contributed by atoms with Crippen LogP contribution in [-0.4, -0.2) is 29.3 Å². The maximum absolute atomic E-state index is 5.76. The highest BCUT2D eigenvalue weighted by Gasteiger charge is 2.17. The first-order valence-electron chi connectivity index (χ1n) is 5.77. The molecule has 96 valence electrons. The van der Waals surface area contributed by atoms with Gasteiger partial charge in [-0.25, -0.2) is 9.97 Å². The zero-order valence-electron chi connectivity index (χ0n) is 11.0. The average Bonchev–Trinajstić information content (AvgIpc) is 2.29. The van der Waals surface area contributed by atoms with Gasteiger partial charge in [0.15, 0.2) is 0 Å². The van der Waals surface area contributed by atoms with Gasteiger partial charge in [-0.05, 0) is 20.3 Å². The number of hydrogen-bond donors (Lipinski definition) is 1. The molecule has 0 aliphatic carbocycles. The molecule has 1 aromatic rings. The van der Waals surface area contributed by atoms with E-state index >= 15 is 0 Å². The first-order valence-corrected chi connectivity index (χ1v) is 5.77. The molecule has 0 amide bonds. The van der Waals surface area contributed by atoms with Gasteiger partial charge in [-0.1, -0.05) is 6.92 Å². The fourth-order valence-electron chi connectivity index (χ4n) is 1.36. The quantitative estimate of drug-likeness (QED) is 0.819. The maximum atomic E-state index is 5.76. The summed E-state index contributed by atoms with van der Waals surface area (Å²) in [6.45, 7) is 6.59. The minimum atomic E-state index is -0.190. The van der Waals surface area contributed by atoms with E-state index in [0.717, 1.165) is 18.4 Å². The second-order valence-corrected chi connectivity index (χ2v) is 4.46. The van der Waals surface area contributed by atoms with Gasteiger partial charge in [0.1, 0.15) is 12.1 Å². The normalized spacial score (nSPS) is 11.5. The lowest BCUT2D eigenvalue weighted by Gasteiger charge is -2.22. The SMILES string of the molecule is CCc1c(N)ncnc1OCCC(C)(C)OC. The summed E-state index contributed by atoms with van der Waals surface area (Å²) in [5, 5.41) is 0. The van der Waals surface area contributed by atoms with E-state index in [0.29, 0.717) is 18.3 Å². The fraction of sp³-hybridized carbons (Fsp3) is 0.667. The van der Waals surface area contributed by atoms with Gasteiger partial charge in [0.05, 0.1) is 17.8 Å². The Morgan fingerprint density at radius 1 is 1.35 bits per heavy atom. The molecule has 0 atom stereocenters. The van der Waals surface area contributed by atoms with Gasteiger partial charge in [0.25, 0.3) is 0 Å². The molecular formula is C12H21N3O2. The predicted octanol–water partition coefficient (Wildman–Crippen LogP) is 1.82. The van der Waals surface area contributed by atoms with E-state index in [4.69, 9.17) is 15.2 Å². The molecule has 5 heteroatoms. The van der Waals surface area contributed by atoms with Gasteiger partial charge < -0.3 is 15.2 Å². The predicted molar refractivity (Wildman–Crippen MR) is 67.0 cm³/mol. The standard InChI is InChI=1S/C12H21N3O2/c1-5-9-10(13)14-8-15-11(9)17-7-6-12(2,3)16-4/h8H,5-7H2,1-4H3,(H2,13,14,15). The van der Waals surface area contributed by atoms with Crippen molar-refractivity contribution in [3.05, 3.63) is 11.9 Å². The van der Waals surface area contributed by atoms with Gasteiger partial charge in [-0.2, -0.15) is 0 Å². The Morgan fingerprint density at radius 3 is 2.65 bits per heavy atom. The zero-order valence-corrected chi connectivity index (χ0v) is 11.0. The molecule has 5 nitrogen and oxygen atoms in total. The van der Waals surface area contributed by atoms with Gasteiger partial charge in [0.2, 0.25) is 5.88 Å². The van der Waals surface area contributed by atoms with Gasteiger partial charge in [-0.15, -0.1) is 0 Å². The van der Waals surface area contributed by atoms with Gasteiger partial charge >= 0.3 is 0 Å². The Morgan fingerprint density at radius 2 is 2.06 bits per heavy atom. The molecule has 0 spiro atoms. The van der Waals surface area contributed by atoms with Crippen LogP contribution in [0.25, 0.3) is 0 Å². The Labute approximate surface area is 102 Å². The van der Waals surface area contributed by atoms with Crippen LogP contribution >= 0.6 is 0 Å². The van der Waals surface area contributed by atoms with E-state index in [-0.39, 0.29) is 5.60 Å². The number of hydrogen-bond acceptors (Lipinski definition) is 5. The summed E-state index contributed by atoms with van der Waals surface area (Å²) in [5.74, 6) is 1.07. The zero-order chi connectivity index (χ0) is 12.9. The van der Waals surface area contributed by atoms with E-state index in [1.165, 1.54) is 6.33 Å². The van der Waals surface area contributed by atoms with Gasteiger partial charge in [-0.3, -0.25) is 0 Å². The number of aromatic nitrogens is 2. The first-order chi connectivity index (χ1) is 8.00. The molecule has 0 aromatic carbocycles. The molecule has 2 N–H and O–H groups in total. The number of ether oxygens (including phenoxy) is 2. The molecule has 0 aliphatic rings. The van der Waals surface area contributed by atoms with E-state index in [1.807, 2.05) is 20.8 Å². The van der Waals surface area contributed by atoms with Crippen LogP contribution in [0.15, 0.2) is 6.33 Å². The van der Waals surface area contributed by atoms with Crippen molar-refractivity contribution in [1.82, 2.24) is 9.97 Å². The van der Waals surface area contributed by atoms with Crippen LogP contribution in [0.3, 0.4) is 0 Å². The third-order valence-electron chi connectivity index (χ3n) is 2.79. The van der Waals surface area contributed by atoms with Crippen LogP contribution in [-0.2, 0) is 11.2 Å². The highest BCUT2D eigenvalue weighted by Crippen LogP contribution is 2.21. The summed E-state index contributed by atoms with van der Waals surface area (Å²) >= 11 is 0. The lowest BCUT2D eigenvalue weighted by Crippen LogP contribution is -2.25. The number of nitrogen functional groups attached to an aromatic ring is 1. The van der Waals surface area contributed by atoms with Crippen LogP contribution in [0.5, 0.6) is 5.88 Å². The lowest BCUT2D eigenvalue weighted by molar-refractivity contribution is 0.00500. The van der Waals surface area contributed by atoms with Crippen molar-refractivity contribution < 1.29 is 9.47 Å². The van der Waals surface area contributed by atoms with E-state index in [1.54, 1.807) is 7.11 Å². The highest BCUT2D eigenvalue weighted by atomic mass is 16.5. The molecule has 1 rings (SSSR count). The third-order valence-corrected chi connectivity index (χ3v) is 2.79. The molecule has 0 unspecified atom stereocenters. The molecule has 0 saturated heterocycles. The molecule has 0 bridgehead atoms. The first kappa shape index (κ1) is 13.7. The van der Waals surface area contributed by atoms with Crippen LogP contribution in [0.2, 0.25) is 0 Å². The molecule has 0 fully saturated rings. The summed E-state index contributed by atoms with van der Waals surface area (Å²) < 4.78 is 11.0. The van der Waals surface area contributed by atoms with Crippen LogP contribution in [0.1, 0.15) is 32.8 Å². The molecule has 1 aromatic heterocycles. The Bertz CT molecular complexity index is 367. The molecule has 0 aliphatic heterocycles. The van der Waals surface area contributed by atoms with E-state index in [9.17, 15) is 0 Å². The van der Waals surface area contributed by atoms with E-state index < -0.39 is 0 Å². The van der Waals surface area contributed by atoms with Crippen molar-refractivity contribution in [3.8, 4) is 5.88 Å². The monoisotopic (exact) mass is 239 g/mol. The average molecular weight is 239 g/mol. The smallest absolute Gasteiger partial charge is 0.221 e. The molecule has 0 radical (unpaired) electrons. The minimum absolute atomic E-state index is 0.190. The molecule has 1 heterocycles. The van der Waals surface area contributed by atoms with Crippen LogP contribution < -0.4 is 10.5 Å². The highest BCUT2D eigenvalue weighted by molar-refractivity contribution is 5.44. The number of rotatable bonds is 6. The second kappa shape index (κ2) is 5.82.